The summed E-state index contributed by atoms with van der Waals surface area (Å²) in [7, 11) is 3.15. The molecule has 0 aliphatic rings. The topological polar surface area (TPSA) is 47.6 Å². The lowest BCUT2D eigenvalue weighted by Crippen LogP contribution is -2.12. The molecule has 0 aliphatic heterocycles. The van der Waals surface area contributed by atoms with E-state index in [1.54, 1.807) is 32.4 Å². The minimum absolute atomic E-state index is 0.0222. The van der Waals surface area contributed by atoms with Crippen LogP contribution in [0.3, 0.4) is 0 Å². The molecule has 4 nitrogen and oxygen atoms in total. The number of nitrogens with one attached hydrogen (secondary N) is 1. The van der Waals surface area contributed by atoms with Crippen LogP contribution in [0.25, 0.3) is 0 Å². The Hall–Kier alpha value is -2.49. The Kier molecular flexibility index (Phi) is 5.21. The molecule has 0 saturated heterocycles. The summed E-state index contributed by atoms with van der Waals surface area (Å²) in [5, 5.41) is 2.86. The summed E-state index contributed by atoms with van der Waals surface area (Å²) in [6.07, 6.45) is 1.17. The van der Waals surface area contributed by atoms with E-state index in [1.165, 1.54) is 0 Å². The van der Waals surface area contributed by atoms with Gasteiger partial charge in [0.05, 0.1) is 14.2 Å². The van der Waals surface area contributed by atoms with Gasteiger partial charge in [-0.2, -0.15) is 0 Å². The van der Waals surface area contributed by atoms with Gasteiger partial charge in [0.2, 0.25) is 5.91 Å². The van der Waals surface area contributed by atoms with Gasteiger partial charge in [-0.25, -0.2) is 0 Å². The van der Waals surface area contributed by atoms with Crippen molar-refractivity contribution in [2.45, 2.75) is 12.8 Å². The predicted molar refractivity (Wildman–Crippen MR) is 82.9 cm³/mol. The number of hydrogen-bond acceptors (Lipinski definition) is 3. The van der Waals surface area contributed by atoms with E-state index in [2.05, 4.69) is 5.32 Å². The number of rotatable bonds is 6. The highest BCUT2D eigenvalue weighted by molar-refractivity contribution is 5.91. The number of amides is 1. The van der Waals surface area contributed by atoms with E-state index >= 15 is 0 Å². The van der Waals surface area contributed by atoms with E-state index in [-0.39, 0.29) is 5.91 Å². The lowest BCUT2D eigenvalue weighted by atomic mass is 10.1. The molecule has 110 valence electrons. The molecule has 0 unspecified atom stereocenters. The molecule has 0 aliphatic carbocycles. The molecular formula is C17H19NO3. The maximum atomic E-state index is 12.0. The molecule has 1 amide bonds. The van der Waals surface area contributed by atoms with Gasteiger partial charge in [0.15, 0.2) is 11.5 Å². The summed E-state index contributed by atoms with van der Waals surface area (Å²) in [4.78, 5) is 12.0. The number of ether oxygens (including phenoxy) is 2. The minimum Gasteiger partial charge on any atom is -0.493 e. The number of aryl methyl sites for hydroxylation is 1. The minimum atomic E-state index is -0.0222. The molecule has 1 N–H and O–H groups in total. The Morgan fingerprint density at radius 1 is 1.00 bits per heavy atom. The van der Waals surface area contributed by atoms with Gasteiger partial charge in [0.25, 0.3) is 0 Å². The second-order valence-electron chi connectivity index (χ2n) is 4.60. The summed E-state index contributed by atoms with van der Waals surface area (Å²) in [6, 6.07) is 15.3. The third-order valence-corrected chi connectivity index (χ3v) is 3.15. The molecule has 0 radical (unpaired) electrons. The van der Waals surface area contributed by atoms with Gasteiger partial charge in [-0.1, -0.05) is 30.3 Å². The van der Waals surface area contributed by atoms with Crippen LogP contribution in [0.4, 0.5) is 5.69 Å². The molecular weight excluding hydrogens is 266 g/mol. The molecule has 0 spiro atoms. The van der Waals surface area contributed by atoms with Crippen molar-refractivity contribution in [3.63, 3.8) is 0 Å². The van der Waals surface area contributed by atoms with Crippen LogP contribution in [-0.2, 0) is 11.2 Å². The molecule has 0 heterocycles. The van der Waals surface area contributed by atoms with Crippen LogP contribution in [-0.4, -0.2) is 20.1 Å². The first-order valence-corrected chi connectivity index (χ1v) is 6.78. The van der Waals surface area contributed by atoms with Crippen molar-refractivity contribution in [3.8, 4) is 11.5 Å². The van der Waals surface area contributed by atoms with E-state index in [9.17, 15) is 4.79 Å². The Morgan fingerprint density at radius 2 is 1.71 bits per heavy atom. The molecule has 2 aromatic carbocycles. The molecule has 0 fully saturated rings. The predicted octanol–water partition coefficient (Wildman–Crippen LogP) is 3.28. The van der Waals surface area contributed by atoms with Crippen molar-refractivity contribution in [1.29, 1.82) is 0 Å². The molecule has 0 saturated carbocycles. The van der Waals surface area contributed by atoms with E-state index in [4.69, 9.17) is 9.47 Å². The van der Waals surface area contributed by atoms with Gasteiger partial charge in [-0.05, 0) is 24.1 Å². The first kappa shape index (κ1) is 14.9. The summed E-state index contributed by atoms with van der Waals surface area (Å²) >= 11 is 0. The highest BCUT2D eigenvalue weighted by atomic mass is 16.5. The number of hydrogen-bond donors (Lipinski definition) is 1. The van der Waals surface area contributed by atoms with Crippen molar-refractivity contribution < 1.29 is 14.3 Å². The van der Waals surface area contributed by atoms with Gasteiger partial charge in [-0.15, -0.1) is 0 Å². The molecule has 4 heteroatoms. The van der Waals surface area contributed by atoms with E-state index in [0.717, 1.165) is 12.0 Å². The molecule has 0 bridgehead atoms. The van der Waals surface area contributed by atoms with Crippen LogP contribution in [0, 0.1) is 0 Å². The van der Waals surface area contributed by atoms with E-state index < -0.39 is 0 Å². The van der Waals surface area contributed by atoms with Crippen LogP contribution in [0.2, 0.25) is 0 Å². The number of methoxy groups -OCH3 is 2. The molecule has 2 rings (SSSR count). The van der Waals surface area contributed by atoms with Crippen molar-refractivity contribution in [2.75, 3.05) is 19.5 Å². The van der Waals surface area contributed by atoms with Crippen LogP contribution >= 0.6 is 0 Å². The maximum Gasteiger partial charge on any atom is 0.224 e. The second-order valence-corrected chi connectivity index (χ2v) is 4.60. The standard InChI is InChI=1S/C17H19NO3/c1-20-15-10-9-14(12-16(15)21-2)18-17(19)11-8-13-6-4-3-5-7-13/h3-7,9-10,12H,8,11H2,1-2H3,(H,18,19). The van der Waals surface area contributed by atoms with Crippen molar-refractivity contribution in [1.82, 2.24) is 0 Å². The number of anilines is 1. The molecule has 0 atom stereocenters. The van der Waals surface area contributed by atoms with Gasteiger partial charge in [0, 0.05) is 18.2 Å². The first-order chi connectivity index (χ1) is 10.2. The average molecular weight is 285 g/mol. The highest BCUT2D eigenvalue weighted by Gasteiger charge is 2.07. The number of benzene rings is 2. The van der Waals surface area contributed by atoms with Crippen LogP contribution in [0.15, 0.2) is 48.5 Å². The van der Waals surface area contributed by atoms with Gasteiger partial charge >= 0.3 is 0 Å². The van der Waals surface area contributed by atoms with Gasteiger partial charge < -0.3 is 14.8 Å². The monoisotopic (exact) mass is 285 g/mol. The zero-order chi connectivity index (χ0) is 15.1. The summed E-state index contributed by atoms with van der Waals surface area (Å²) < 4.78 is 10.4. The Balaban J connectivity index is 1.93. The largest absolute Gasteiger partial charge is 0.493 e. The van der Waals surface area contributed by atoms with E-state index in [1.807, 2.05) is 30.3 Å². The molecule has 0 aromatic heterocycles. The summed E-state index contributed by atoms with van der Waals surface area (Å²) in [6.45, 7) is 0. The summed E-state index contributed by atoms with van der Waals surface area (Å²) in [5.41, 5.74) is 1.85. The fraction of sp³-hybridized carbons (Fsp3) is 0.235. The van der Waals surface area contributed by atoms with Gasteiger partial charge in [0.1, 0.15) is 0 Å². The number of carbonyl (C=O) groups is 1. The average Bonchev–Trinajstić information content (AvgIpc) is 2.53. The van der Waals surface area contributed by atoms with Crippen LogP contribution < -0.4 is 14.8 Å². The zero-order valence-electron chi connectivity index (χ0n) is 12.3. The molecule has 2 aromatic rings. The van der Waals surface area contributed by atoms with E-state index in [0.29, 0.717) is 23.6 Å². The zero-order valence-corrected chi connectivity index (χ0v) is 12.3. The maximum absolute atomic E-state index is 12.0. The third kappa shape index (κ3) is 4.24. The van der Waals surface area contributed by atoms with Crippen LogP contribution in [0.1, 0.15) is 12.0 Å². The fourth-order valence-electron chi connectivity index (χ4n) is 2.04. The number of carbonyl (C=O) groups excluding carboxylic acids is 1. The first-order valence-electron chi connectivity index (χ1n) is 6.78. The Morgan fingerprint density at radius 3 is 2.38 bits per heavy atom. The Labute approximate surface area is 124 Å². The summed E-state index contributed by atoms with van der Waals surface area (Å²) in [5.74, 6) is 1.21. The smallest absolute Gasteiger partial charge is 0.224 e. The lowest BCUT2D eigenvalue weighted by Gasteiger charge is -2.10. The normalized spacial score (nSPS) is 10.0. The van der Waals surface area contributed by atoms with Crippen molar-refractivity contribution in [2.24, 2.45) is 0 Å². The van der Waals surface area contributed by atoms with Gasteiger partial charge in [-0.3, -0.25) is 4.79 Å². The highest BCUT2D eigenvalue weighted by Crippen LogP contribution is 2.29. The van der Waals surface area contributed by atoms with Crippen molar-refractivity contribution >= 4 is 11.6 Å². The second kappa shape index (κ2) is 7.33. The quantitative estimate of drug-likeness (QED) is 0.886. The molecule has 21 heavy (non-hydrogen) atoms. The third-order valence-electron chi connectivity index (χ3n) is 3.15. The Bertz CT molecular complexity index is 596. The fourth-order valence-corrected chi connectivity index (χ4v) is 2.04. The SMILES string of the molecule is COc1ccc(NC(=O)CCc2ccccc2)cc1OC. The van der Waals surface area contributed by atoms with Crippen LogP contribution in [0.5, 0.6) is 11.5 Å². The lowest BCUT2D eigenvalue weighted by molar-refractivity contribution is -0.116. The van der Waals surface area contributed by atoms with Crippen molar-refractivity contribution in [3.05, 3.63) is 54.1 Å².